The zero-order valence-electron chi connectivity index (χ0n) is 10.0. The standard InChI is InChI=1S/C14H8ClF3N2/c15-10-2-5-11(6-3-10)20-12-4-1-9(8-19)13(7-12)14(16,17)18/h1-7,20H. The van der Waals surface area contributed by atoms with E-state index in [-0.39, 0.29) is 5.69 Å². The third kappa shape index (κ3) is 3.22. The van der Waals surface area contributed by atoms with E-state index in [9.17, 15) is 13.2 Å². The summed E-state index contributed by atoms with van der Waals surface area (Å²) < 4.78 is 38.4. The second-order valence-electron chi connectivity index (χ2n) is 4.00. The van der Waals surface area contributed by atoms with Gasteiger partial charge in [0.25, 0.3) is 0 Å². The van der Waals surface area contributed by atoms with E-state index in [2.05, 4.69) is 5.32 Å². The highest BCUT2D eigenvalue weighted by molar-refractivity contribution is 6.30. The molecule has 0 amide bonds. The SMILES string of the molecule is N#Cc1ccc(Nc2ccc(Cl)cc2)cc1C(F)(F)F. The molecule has 0 aliphatic rings. The van der Waals surface area contributed by atoms with E-state index in [1.165, 1.54) is 12.1 Å². The summed E-state index contributed by atoms with van der Waals surface area (Å²) in [5, 5.41) is 12.1. The molecule has 2 aromatic rings. The fraction of sp³-hybridized carbons (Fsp3) is 0.0714. The van der Waals surface area contributed by atoms with Crippen molar-refractivity contribution in [1.82, 2.24) is 0 Å². The van der Waals surface area contributed by atoms with Crippen LogP contribution in [0.3, 0.4) is 0 Å². The predicted octanol–water partition coefficient (Wildman–Crippen LogP) is 4.97. The highest BCUT2D eigenvalue weighted by atomic mass is 35.5. The van der Waals surface area contributed by atoms with E-state index in [0.29, 0.717) is 10.7 Å². The number of nitrogens with zero attached hydrogens (tertiary/aromatic N) is 1. The Morgan fingerprint density at radius 2 is 1.60 bits per heavy atom. The van der Waals surface area contributed by atoms with Crippen LogP contribution in [0.25, 0.3) is 0 Å². The van der Waals surface area contributed by atoms with E-state index in [1.54, 1.807) is 24.3 Å². The molecule has 0 spiro atoms. The normalized spacial score (nSPS) is 10.9. The molecule has 2 nitrogen and oxygen atoms in total. The number of halogens is 4. The first kappa shape index (κ1) is 14.2. The number of hydrogen-bond donors (Lipinski definition) is 1. The average Bonchev–Trinajstić information content (AvgIpc) is 2.40. The Hall–Kier alpha value is -2.19. The Morgan fingerprint density at radius 3 is 2.15 bits per heavy atom. The first-order chi connectivity index (χ1) is 9.40. The monoisotopic (exact) mass is 296 g/mol. The third-order valence-corrected chi connectivity index (χ3v) is 2.83. The van der Waals surface area contributed by atoms with Crippen LogP contribution in [0.2, 0.25) is 5.02 Å². The Bertz CT molecular complexity index is 658. The van der Waals surface area contributed by atoms with Crippen LogP contribution >= 0.6 is 11.6 Å². The summed E-state index contributed by atoms with van der Waals surface area (Å²) in [5.74, 6) is 0. The van der Waals surface area contributed by atoms with Crippen molar-refractivity contribution in [2.24, 2.45) is 0 Å². The molecule has 0 fully saturated rings. The number of nitriles is 1. The minimum atomic E-state index is -4.57. The van der Waals surface area contributed by atoms with Crippen LogP contribution < -0.4 is 5.32 Å². The van der Waals surface area contributed by atoms with Crippen molar-refractivity contribution in [3.63, 3.8) is 0 Å². The molecule has 102 valence electrons. The molecule has 0 atom stereocenters. The van der Waals surface area contributed by atoms with Gasteiger partial charge in [-0.3, -0.25) is 0 Å². The Morgan fingerprint density at radius 1 is 1.00 bits per heavy atom. The zero-order chi connectivity index (χ0) is 14.8. The van der Waals surface area contributed by atoms with Gasteiger partial charge < -0.3 is 5.32 Å². The highest BCUT2D eigenvalue weighted by Crippen LogP contribution is 2.34. The van der Waals surface area contributed by atoms with Gasteiger partial charge in [0.1, 0.15) is 0 Å². The van der Waals surface area contributed by atoms with E-state index < -0.39 is 17.3 Å². The lowest BCUT2D eigenvalue weighted by Crippen LogP contribution is -2.08. The van der Waals surface area contributed by atoms with Gasteiger partial charge in [0.15, 0.2) is 0 Å². The summed E-state index contributed by atoms with van der Waals surface area (Å²) in [6, 6.07) is 11.5. The molecule has 0 radical (unpaired) electrons. The third-order valence-electron chi connectivity index (χ3n) is 2.58. The lowest BCUT2D eigenvalue weighted by Gasteiger charge is -2.12. The van der Waals surface area contributed by atoms with Crippen molar-refractivity contribution in [2.75, 3.05) is 5.32 Å². The average molecular weight is 297 g/mol. The van der Waals surface area contributed by atoms with Gasteiger partial charge in [-0.1, -0.05) is 11.6 Å². The second kappa shape index (κ2) is 5.43. The first-order valence-electron chi connectivity index (χ1n) is 5.54. The summed E-state index contributed by atoms with van der Waals surface area (Å²) in [7, 11) is 0. The zero-order valence-corrected chi connectivity index (χ0v) is 10.8. The number of anilines is 2. The summed E-state index contributed by atoms with van der Waals surface area (Å²) in [6.45, 7) is 0. The number of alkyl halides is 3. The fourth-order valence-electron chi connectivity index (χ4n) is 1.65. The first-order valence-corrected chi connectivity index (χ1v) is 5.92. The van der Waals surface area contributed by atoms with Gasteiger partial charge in [-0.15, -0.1) is 0 Å². The van der Waals surface area contributed by atoms with Gasteiger partial charge in [0, 0.05) is 16.4 Å². The van der Waals surface area contributed by atoms with Gasteiger partial charge >= 0.3 is 6.18 Å². The van der Waals surface area contributed by atoms with Gasteiger partial charge in [-0.05, 0) is 42.5 Å². The Labute approximate surface area is 118 Å². The largest absolute Gasteiger partial charge is 0.417 e. The maximum Gasteiger partial charge on any atom is 0.417 e. The molecule has 0 heterocycles. The minimum Gasteiger partial charge on any atom is -0.356 e. The van der Waals surface area contributed by atoms with Crippen LogP contribution in [-0.2, 0) is 6.18 Å². The molecule has 0 aliphatic carbocycles. The van der Waals surface area contributed by atoms with E-state index in [0.717, 1.165) is 12.1 Å². The van der Waals surface area contributed by atoms with Crippen molar-refractivity contribution in [2.45, 2.75) is 6.18 Å². The number of nitrogens with one attached hydrogen (secondary N) is 1. The molecule has 0 aliphatic heterocycles. The van der Waals surface area contributed by atoms with Crippen molar-refractivity contribution in [3.05, 3.63) is 58.6 Å². The van der Waals surface area contributed by atoms with Crippen LogP contribution in [0, 0.1) is 11.3 Å². The lowest BCUT2D eigenvalue weighted by atomic mass is 10.1. The summed E-state index contributed by atoms with van der Waals surface area (Å²) in [5.41, 5.74) is -0.510. The van der Waals surface area contributed by atoms with E-state index in [4.69, 9.17) is 16.9 Å². The second-order valence-corrected chi connectivity index (χ2v) is 4.44. The van der Waals surface area contributed by atoms with Crippen LogP contribution in [0.4, 0.5) is 24.5 Å². The fourth-order valence-corrected chi connectivity index (χ4v) is 1.78. The number of benzene rings is 2. The predicted molar refractivity (Wildman–Crippen MR) is 70.9 cm³/mol. The molecular formula is C14H8ClF3N2. The van der Waals surface area contributed by atoms with Crippen LogP contribution in [-0.4, -0.2) is 0 Å². The molecule has 0 saturated carbocycles. The quantitative estimate of drug-likeness (QED) is 0.849. The topological polar surface area (TPSA) is 35.8 Å². The van der Waals surface area contributed by atoms with Gasteiger partial charge in [-0.25, -0.2) is 0 Å². The lowest BCUT2D eigenvalue weighted by molar-refractivity contribution is -0.137. The van der Waals surface area contributed by atoms with E-state index >= 15 is 0 Å². The smallest absolute Gasteiger partial charge is 0.356 e. The molecule has 1 N–H and O–H groups in total. The number of hydrogen-bond acceptors (Lipinski definition) is 2. The van der Waals surface area contributed by atoms with Gasteiger partial charge in [0.05, 0.1) is 17.2 Å². The molecule has 2 rings (SSSR count). The molecule has 0 unspecified atom stereocenters. The molecule has 0 saturated heterocycles. The summed E-state index contributed by atoms with van der Waals surface area (Å²) >= 11 is 5.73. The van der Waals surface area contributed by atoms with Gasteiger partial charge in [0.2, 0.25) is 0 Å². The summed E-state index contributed by atoms with van der Waals surface area (Å²) in [4.78, 5) is 0. The van der Waals surface area contributed by atoms with Crippen molar-refractivity contribution in [3.8, 4) is 6.07 Å². The molecule has 0 aromatic heterocycles. The Kier molecular flexibility index (Phi) is 3.86. The van der Waals surface area contributed by atoms with Crippen molar-refractivity contribution < 1.29 is 13.2 Å². The molecule has 6 heteroatoms. The Balaban J connectivity index is 2.34. The van der Waals surface area contributed by atoms with Crippen molar-refractivity contribution >= 4 is 23.0 Å². The van der Waals surface area contributed by atoms with E-state index in [1.807, 2.05) is 0 Å². The maximum absolute atomic E-state index is 12.8. The number of rotatable bonds is 2. The van der Waals surface area contributed by atoms with Gasteiger partial charge in [-0.2, -0.15) is 18.4 Å². The van der Waals surface area contributed by atoms with Crippen LogP contribution in [0.5, 0.6) is 0 Å². The van der Waals surface area contributed by atoms with Crippen molar-refractivity contribution in [1.29, 1.82) is 5.26 Å². The van der Waals surface area contributed by atoms with Crippen LogP contribution in [0.15, 0.2) is 42.5 Å². The highest BCUT2D eigenvalue weighted by Gasteiger charge is 2.33. The van der Waals surface area contributed by atoms with Crippen LogP contribution in [0.1, 0.15) is 11.1 Å². The summed E-state index contributed by atoms with van der Waals surface area (Å²) in [6.07, 6.45) is -4.57. The minimum absolute atomic E-state index is 0.249. The molecule has 2 aromatic carbocycles. The maximum atomic E-state index is 12.8. The molecular weight excluding hydrogens is 289 g/mol. The molecule has 20 heavy (non-hydrogen) atoms. The molecule has 0 bridgehead atoms.